The molecule has 3 heterocycles. The molecule has 4 atom stereocenters. The number of alkyl carbamates (subject to hydrolysis) is 1. The van der Waals surface area contributed by atoms with Crippen LogP contribution in [0.1, 0.15) is 77.7 Å². The molecule has 1 aromatic carbocycles. The molecule has 3 aliphatic heterocycles. The van der Waals surface area contributed by atoms with E-state index < -0.39 is 35.4 Å². The van der Waals surface area contributed by atoms with Crippen LogP contribution in [0, 0.1) is 17.1 Å². The quantitative estimate of drug-likeness (QED) is 0.576. The molecule has 1 aromatic rings. The van der Waals surface area contributed by atoms with Crippen LogP contribution in [-0.2, 0) is 19.9 Å². The Kier molecular flexibility index (Phi) is 7.79. The maximum Gasteiger partial charge on any atom is 0.408 e. The summed E-state index contributed by atoms with van der Waals surface area (Å²) in [6.45, 7) is 6.47. The Morgan fingerprint density at radius 3 is 2.50 bits per heavy atom. The maximum atomic E-state index is 14.0. The second-order valence-corrected chi connectivity index (χ2v) is 12.7. The molecule has 0 spiro atoms. The van der Waals surface area contributed by atoms with Gasteiger partial charge in [-0.3, -0.25) is 14.5 Å². The number of fused-ring (bicyclic) bond motifs is 2. The Bertz CT molecular complexity index is 1170. The molecule has 3 amide bonds. The van der Waals surface area contributed by atoms with Gasteiger partial charge in [-0.25, -0.2) is 9.18 Å². The van der Waals surface area contributed by atoms with Crippen molar-refractivity contribution in [1.29, 1.82) is 5.26 Å². The van der Waals surface area contributed by atoms with Crippen LogP contribution in [-0.4, -0.2) is 82.0 Å². The van der Waals surface area contributed by atoms with E-state index >= 15 is 0 Å². The fraction of sp³-hybridized carbons (Fsp3) is 0.667. The second kappa shape index (κ2) is 11.0. The molecule has 2 bridgehead atoms. The summed E-state index contributed by atoms with van der Waals surface area (Å²) in [5, 5.41) is 12.3. The number of piperazine rings is 1. The average molecular weight is 554 g/mol. The lowest BCUT2D eigenvalue weighted by atomic mass is 9.74. The number of ether oxygens (including phenoxy) is 1. The molecular weight excluding hydrogens is 513 g/mol. The van der Waals surface area contributed by atoms with Crippen molar-refractivity contribution in [3.63, 3.8) is 0 Å². The Morgan fingerprint density at radius 1 is 1.18 bits per heavy atom. The summed E-state index contributed by atoms with van der Waals surface area (Å²) >= 11 is 0. The van der Waals surface area contributed by atoms with Crippen LogP contribution in [0.4, 0.5) is 9.18 Å². The third-order valence-corrected chi connectivity index (χ3v) is 8.88. The van der Waals surface area contributed by atoms with Crippen molar-refractivity contribution in [3.05, 3.63) is 35.6 Å². The normalized spacial score (nSPS) is 27.0. The van der Waals surface area contributed by atoms with E-state index in [1.54, 1.807) is 20.8 Å². The first-order chi connectivity index (χ1) is 19.0. The van der Waals surface area contributed by atoms with Gasteiger partial charge in [0.05, 0.1) is 17.6 Å². The number of carbonyl (C=O) groups excluding carboxylic acids is 3. The Balaban J connectivity index is 1.36. The number of rotatable bonds is 6. The zero-order valence-corrected chi connectivity index (χ0v) is 23.7. The predicted molar refractivity (Wildman–Crippen MR) is 145 cm³/mol. The van der Waals surface area contributed by atoms with Gasteiger partial charge < -0.3 is 19.9 Å². The van der Waals surface area contributed by atoms with Gasteiger partial charge in [-0.05, 0) is 70.6 Å². The number of nitrogens with zero attached hydrogens (tertiary/aromatic N) is 4. The van der Waals surface area contributed by atoms with Gasteiger partial charge in [-0.15, -0.1) is 0 Å². The fourth-order valence-electron chi connectivity index (χ4n) is 7.23. The van der Waals surface area contributed by atoms with Gasteiger partial charge in [0.25, 0.3) is 0 Å². The molecule has 216 valence electrons. The van der Waals surface area contributed by atoms with Gasteiger partial charge in [0.15, 0.2) is 0 Å². The Hall–Kier alpha value is -3.19. The van der Waals surface area contributed by atoms with Gasteiger partial charge in [-0.1, -0.05) is 31.4 Å². The van der Waals surface area contributed by atoms with Crippen LogP contribution in [0.3, 0.4) is 0 Å². The van der Waals surface area contributed by atoms with Crippen LogP contribution in [0.15, 0.2) is 24.3 Å². The first kappa shape index (κ1) is 28.3. The minimum atomic E-state index is -0.940. The highest BCUT2D eigenvalue weighted by Gasteiger charge is 2.57. The summed E-state index contributed by atoms with van der Waals surface area (Å²) in [4.78, 5) is 45.9. The molecule has 10 heteroatoms. The highest BCUT2D eigenvalue weighted by atomic mass is 19.1. The number of amides is 3. The lowest BCUT2D eigenvalue weighted by Crippen LogP contribution is -2.62. The lowest BCUT2D eigenvalue weighted by Gasteiger charge is -2.50. The molecule has 0 radical (unpaired) electrons. The monoisotopic (exact) mass is 553 g/mol. The van der Waals surface area contributed by atoms with Crippen LogP contribution in [0.25, 0.3) is 0 Å². The standard InChI is InChI=1S/C30H40FN5O4/c1-29(2,3)40-28(39)33-24(26(37)35-15-7-8-22(35)17-32)19-34-18-23-16-25(34)27(38)36(23)30(13-5-4-6-14-30)20-9-11-21(31)12-10-20/h9-12,22-25H,4-8,13-16,18-19H2,1-3H3,(H,33,39)/t22-,23-,24-,25-/m0/s1. The van der Waals surface area contributed by atoms with Crippen molar-refractivity contribution in [3.8, 4) is 6.07 Å². The van der Waals surface area contributed by atoms with Crippen LogP contribution in [0.2, 0.25) is 0 Å². The number of nitriles is 1. The summed E-state index contributed by atoms with van der Waals surface area (Å²) < 4.78 is 19.2. The minimum Gasteiger partial charge on any atom is -0.444 e. The number of nitrogens with one attached hydrogen (secondary N) is 1. The smallest absolute Gasteiger partial charge is 0.408 e. The van der Waals surface area contributed by atoms with Crippen molar-refractivity contribution in [2.45, 2.75) is 107 Å². The molecule has 0 unspecified atom stereocenters. The number of benzene rings is 1. The topological polar surface area (TPSA) is 106 Å². The van der Waals surface area contributed by atoms with Crippen LogP contribution < -0.4 is 5.32 Å². The molecule has 1 aliphatic carbocycles. The molecular formula is C30H40FN5O4. The van der Waals surface area contributed by atoms with E-state index in [-0.39, 0.29) is 30.2 Å². The molecule has 5 rings (SSSR count). The Morgan fingerprint density at radius 2 is 1.88 bits per heavy atom. The molecule has 4 fully saturated rings. The lowest BCUT2D eigenvalue weighted by molar-refractivity contribution is -0.147. The van der Waals surface area contributed by atoms with E-state index in [0.717, 1.165) is 44.1 Å². The van der Waals surface area contributed by atoms with E-state index in [1.807, 2.05) is 17.0 Å². The molecule has 9 nitrogen and oxygen atoms in total. The molecule has 3 saturated heterocycles. The number of hydrogen-bond acceptors (Lipinski definition) is 6. The van der Waals surface area contributed by atoms with E-state index in [1.165, 1.54) is 17.0 Å². The second-order valence-electron chi connectivity index (χ2n) is 12.7. The Labute approximate surface area is 235 Å². The van der Waals surface area contributed by atoms with Gasteiger partial charge in [0, 0.05) is 25.7 Å². The van der Waals surface area contributed by atoms with Crippen LogP contribution >= 0.6 is 0 Å². The van der Waals surface area contributed by atoms with Crippen molar-refractivity contribution in [2.24, 2.45) is 0 Å². The number of halogens is 1. The first-order valence-electron chi connectivity index (χ1n) is 14.6. The molecule has 0 aromatic heterocycles. The number of likely N-dealkylation sites (tertiary alicyclic amines) is 3. The summed E-state index contributed by atoms with van der Waals surface area (Å²) in [6, 6.07) is 6.89. The highest BCUT2D eigenvalue weighted by molar-refractivity contribution is 5.88. The summed E-state index contributed by atoms with van der Waals surface area (Å²) in [5.41, 5.74) is -0.204. The third kappa shape index (κ3) is 5.40. The third-order valence-electron chi connectivity index (χ3n) is 8.88. The SMILES string of the molecule is CC(C)(C)OC(=O)N[C@@H](CN1C[C@@H]2C[C@H]1C(=O)N2C1(c2ccc(F)cc2)CCCCC1)C(=O)N1CCC[C@H]1C#N. The van der Waals surface area contributed by atoms with Crippen LogP contribution in [0.5, 0.6) is 0 Å². The fourth-order valence-corrected chi connectivity index (χ4v) is 7.23. The molecule has 4 aliphatic rings. The summed E-state index contributed by atoms with van der Waals surface area (Å²) in [6.07, 6.45) is 6.12. The van der Waals surface area contributed by atoms with Crippen molar-refractivity contribution in [2.75, 3.05) is 19.6 Å². The van der Waals surface area contributed by atoms with Gasteiger partial charge >= 0.3 is 6.09 Å². The predicted octanol–water partition coefficient (Wildman–Crippen LogP) is 3.68. The molecule has 1 N–H and O–H groups in total. The highest BCUT2D eigenvalue weighted by Crippen LogP contribution is 2.48. The number of carbonyl (C=O) groups is 3. The van der Waals surface area contributed by atoms with E-state index in [4.69, 9.17) is 4.74 Å². The van der Waals surface area contributed by atoms with Crippen molar-refractivity contribution < 1.29 is 23.5 Å². The first-order valence-corrected chi connectivity index (χ1v) is 14.6. The summed E-state index contributed by atoms with van der Waals surface area (Å²) in [7, 11) is 0. The maximum absolute atomic E-state index is 14.0. The summed E-state index contributed by atoms with van der Waals surface area (Å²) in [5.74, 6) is -0.584. The molecule has 40 heavy (non-hydrogen) atoms. The van der Waals surface area contributed by atoms with E-state index in [2.05, 4.69) is 16.3 Å². The van der Waals surface area contributed by atoms with E-state index in [0.29, 0.717) is 25.9 Å². The minimum absolute atomic E-state index is 0.0296. The zero-order chi connectivity index (χ0) is 28.7. The largest absolute Gasteiger partial charge is 0.444 e. The van der Waals surface area contributed by atoms with Gasteiger partial charge in [-0.2, -0.15) is 5.26 Å². The van der Waals surface area contributed by atoms with Gasteiger partial charge in [0.1, 0.15) is 23.5 Å². The van der Waals surface area contributed by atoms with Gasteiger partial charge in [0.2, 0.25) is 11.8 Å². The van der Waals surface area contributed by atoms with Crippen molar-refractivity contribution >= 4 is 17.9 Å². The van der Waals surface area contributed by atoms with Crippen molar-refractivity contribution in [1.82, 2.24) is 20.0 Å². The molecule has 1 saturated carbocycles. The zero-order valence-electron chi connectivity index (χ0n) is 23.7. The van der Waals surface area contributed by atoms with E-state index in [9.17, 15) is 24.0 Å². The average Bonchev–Trinajstić information content (AvgIpc) is 3.62. The number of hydrogen-bond donors (Lipinski definition) is 1.